The topological polar surface area (TPSA) is 59.1 Å². The molecule has 0 radical (unpaired) electrons. The second-order valence-corrected chi connectivity index (χ2v) is 5.19. The highest BCUT2D eigenvalue weighted by Gasteiger charge is 2.22. The molecule has 6 heteroatoms. The van der Waals surface area contributed by atoms with Crippen molar-refractivity contribution in [1.82, 2.24) is 9.80 Å². The molecule has 120 valence electrons. The molecule has 0 unspecified atom stereocenters. The van der Waals surface area contributed by atoms with E-state index in [1.807, 2.05) is 6.07 Å². The van der Waals surface area contributed by atoms with Crippen molar-refractivity contribution in [2.75, 3.05) is 47.0 Å². The van der Waals surface area contributed by atoms with E-state index >= 15 is 0 Å². The second kappa shape index (κ2) is 7.79. The second-order valence-electron chi connectivity index (χ2n) is 5.19. The number of rotatable bonds is 4. The minimum atomic E-state index is -0.0295. The molecular weight excluding hydrogens is 284 g/mol. The van der Waals surface area contributed by atoms with Crippen LogP contribution in [0, 0.1) is 0 Å². The summed E-state index contributed by atoms with van der Waals surface area (Å²) < 4.78 is 10.0. The van der Waals surface area contributed by atoms with Gasteiger partial charge >= 0.3 is 0 Å². The van der Waals surface area contributed by atoms with Gasteiger partial charge in [0.25, 0.3) is 5.91 Å². The lowest BCUT2D eigenvalue weighted by Gasteiger charge is -2.22. The van der Waals surface area contributed by atoms with Crippen molar-refractivity contribution in [1.29, 1.82) is 0 Å². The number of benzene rings is 1. The molecule has 0 spiro atoms. The third kappa shape index (κ3) is 3.98. The summed E-state index contributed by atoms with van der Waals surface area (Å²) in [5, 5.41) is 0. The smallest absolute Gasteiger partial charge is 0.254 e. The summed E-state index contributed by atoms with van der Waals surface area (Å²) in [4.78, 5) is 28.0. The SMILES string of the molecule is COCC(=O)N1CCCN(C(=O)c2cccc(OC)c2)CC1. The third-order valence-electron chi connectivity index (χ3n) is 3.72. The van der Waals surface area contributed by atoms with Crippen LogP contribution < -0.4 is 4.74 Å². The van der Waals surface area contributed by atoms with Crippen LogP contribution in [0.15, 0.2) is 24.3 Å². The lowest BCUT2D eigenvalue weighted by atomic mass is 10.2. The fraction of sp³-hybridized carbons (Fsp3) is 0.500. The number of amides is 2. The Bertz CT molecular complexity index is 533. The van der Waals surface area contributed by atoms with Gasteiger partial charge in [-0.05, 0) is 24.6 Å². The predicted molar refractivity (Wildman–Crippen MR) is 82.0 cm³/mol. The quantitative estimate of drug-likeness (QED) is 0.833. The van der Waals surface area contributed by atoms with Crippen molar-refractivity contribution in [3.05, 3.63) is 29.8 Å². The highest BCUT2D eigenvalue weighted by molar-refractivity contribution is 5.94. The van der Waals surface area contributed by atoms with Crippen molar-refractivity contribution in [2.24, 2.45) is 0 Å². The van der Waals surface area contributed by atoms with Crippen LogP contribution in [-0.4, -0.2) is 68.6 Å². The van der Waals surface area contributed by atoms with E-state index in [9.17, 15) is 9.59 Å². The van der Waals surface area contributed by atoms with Crippen LogP contribution in [0.3, 0.4) is 0 Å². The predicted octanol–water partition coefficient (Wildman–Crippen LogP) is 1.02. The standard InChI is InChI=1S/C16H22N2O4/c1-21-12-15(19)17-7-4-8-18(10-9-17)16(20)13-5-3-6-14(11-13)22-2/h3,5-6,11H,4,7-10,12H2,1-2H3. The minimum absolute atomic E-state index is 0.0278. The van der Waals surface area contributed by atoms with Crippen LogP contribution in [-0.2, 0) is 9.53 Å². The summed E-state index contributed by atoms with van der Waals surface area (Å²) in [6.07, 6.45) is 0.769. The maximum absolute atomic E-state index is 12.6. The summed E-state index contributed by atoms with van der Waals surface area (Å²) >= 11 is 0. The van der Waals surface area contributed by atoms with Crippen LogP contribution in [0.2, 0.25) is 0 Å². The van der Waals surface area contributed by atoms with Crippen molar-refractivity contribution in [2.45, 2.75) is 6.42 Å². The molecule has 0 bridgehead atoms. The Hall–Kier alpha value is -2.08. The summed E-state index contributed by atoms with van der Waals surface area (Å²) in [6, 6.07) is 7.13. The van der Waals surface area contributed by atoms with Gasteiger partial charge < -0.3 is 19.3 Å². The first-order valence-corrected chi connectivity index (χ1v) is 7.35. The zero-order chi connectivity index (χ0) is 15.9. The van der Waals surface area contributed by atoms with Crippen LogP contribution in [0.4, 0.5) is 0 Å². The molecule has 6 nitrogen and oxygen atoms in total. The molecule has 1 aromatic carbocycles. The van der Waals surface area contributed by atoms with E-state index < -0.39 is 0 Å². The Morgan fingerprint density at radius 3 is 2.55 bits per heavy atom. The Labute approximate surface area is 130 Å². The van der Waals surface area contributed by atoms with Crippen molar-refractivity contribution >= 4 is 11.8 Å². The largest absolute Gasteiger partial charge is 0.497 e. The van der Waals surface area contributed by atoms with E-state index in [0.29, 0.717) is 37.5 Å². The molecular formula is C16H22N2O4. The zero-order valence-electron chi connectivity index (χ0n) is 13.1. The number of carbonyl (C=O) groups excluding carboxylic acids is 2. The molecule has 2 amide bonds. The molecule has 1 heterocycles. The van der Waals surface area contributed by atoms with Crippen LogP contribution in [0.1, 0.15) is 16.8 Å². The van der Waals surface area contributed by atoms with E-state index in [-0.39, 0.29) is 18.4 Å². The Kier molecular flexibility index (Phi) is 5.77. The molecule has 0 aliphatic carbocycles. The maximum atomic E-state index is 12.6. The van der Waals surface area contributed by atoms with Gasteiger partial charge in [0.2, 0.25) is 5.91 Å². The highest BCUT2D eigenvalue weighted by Crippen LogP contribution is 2.15. The van der Waals surface area contributed by atoms with E-state index in [0.717, 1.165) is 6.42 Å². The van der Waals surface area contributed by atoms with E-state index in [2.05, 4.69) is 0 Å². The minimum Gasteiger partial charge on any atom is -0.497 e. The van der Waals surface area contributed by atoms with E-state index in [4.69, 9.17) is 9.47 Å². The van der Waals surface area contributed by atoms with E-state index in [1.165, 1.54) is 7.11 Å². The monoisotopic (exact) mass is 306 g/mol. The van der Waals surface area contributed by atoms with Gasteiger partial charge in [0.1, 0.15) is 12.4 Å². The Morgan fingerprint density at radius 1 is 1.09 bits per heavy atom. The average Bonchev–Trinajstić information content (AvgIpc) is 2.80. The number of nitrogens with zero attached hydrogens (tertiary/aromatic N) is 2. The van der Waals surface area contributed by atoms with Gasteiger partial charge in [-0.2, -0.15) is 0 Å². The summed E-state index contributed by atoms with van der Waals surface area (Å²) in [5.41, 5.74) is 0.607. The molecule has 0 aromatic heterocycles. The zero-order valence-corrected chi connectivity index (χ0v) is 13.1. The number of methoxy groups -OCH3 is 2. The molecule has 0 N–H and O–H groups in total. The Balaban J connectivity index is 2.00. The first-order chi connectivity index (χ1) is 10.7. The van der Waals surface area contributed by atoms with Gasteiger partial charge in [0, 0.05) is 38.9 Å². The first-order valence-electron chi connectivity index (χ1n) is 7.35. The Morgan fingerprint density at radius 2 is 1.82 bits per heavy atom. The first kappa shape index (κ1) is 16.3. The normalized spacial score (nSPS) is 15.4. The van der Waals surface area contributed by atoms with Gasteiger partial charge in [-0.1, -0.05) is 6.07 Å². The van der Waals surface area contributed by atoms with Crippen molar-refractivity contribution in [3.8, 4) is 5.75 Å². The number of ether oxygens (including phenoxy) is 2. The molecule has 22 heavy (non-hydrogen) atoms. The third-order valence-corrected chi connectivity index (χ3v) is 3.72. The molecule has 1 aromatic rings. The number of carbonyl (C=O) groups is 2. The van der Waals surface area contributed by atoms with Gasteiger partial charge in [0.15, 0.2) is 0 Å². The molecule has 1 aliphatic rings. The summed E-state index contributed by atoms with van der Waals surface area (Å²) in [5.74, 6) is 0.607. The fourth-order valence-electron chi connectivity index (χ4n) is 2.52. The summed E-state index contributed by atoms with van der Waals surface area (Å²) in [7, 11) is 3.09. The van der Waals surface area contributed by atoms with Crippen molar-refractivity contribution in [3.63, 3.8) is 0 Å². The molecule has 0 atom stereocenters. The number of hydrogen-bond donors (Lipinski definition) is 0. The maximum Gasteiger partial charge on any atom is 0.254 e. The molecule has 2 rings (SSSR count). The highest BCUT2D eigenvalue weighted by atomic mass is 16.5. The number of hydrogen-bond acceptors (Lipinski definition) is 4. The van der Waals surface area contributed by atoms with Crippen LogP contribution in [0.5, 0.6) is 5.75 Å². The summed E-state index contributed by atoms with van der Waals surface area (Å²) in [6.45, 7) is 2.46. The lowest BCUT2D eigenvalue weighted by Crippen LogP contribution is -2.38. The van der Waals surface area contributed by atoms with Crippen LogP contribution in [0.25, 0.3) is 0 Å². The van der Waals surface area contributed by atoms with Gasteiger partial charge in [-0.15, -0.1) is 0 Å². The van der Waals surface area contributed by atoms with E-state index in [1.54, 1.807) is 35.1 Å². The molecule has 1 saturated heterocycles. The molecule has 1 fully saturated rings. The molecule has 1 aliphatic heterocycles. The van der Waals surface area contributed by atoms with Crippen LogP contribution >= 0.6 is 0 Å². The van der Waals surface area contributed by atoms with Gasteiger partial charge in [-0.3, -0.25) is 9.59 Å². The lowest BCUT2D eigenvalue weighted by molar-refractivity contribution is -0.135. The fourth-order valence-corrected chi connectivity index (χ4v) is 2.52. The average molecular weight is 306 g/mol. The van der Waals surface area contributed by atoms with Crippen molar-refractivity contribution < 1.29 is 19.1 Å². The van der Waals surface area contributed by atoms with Gasteiger partial charge in [-0.25, -0.2) is 0 Å². The van der Waals surface area contributed by atoms with Gasteiger partial charge in [0.05, 0.1) is 7.11 Å². The molecule has 0 saturated carbocycles.